The number of benzene rings is 1. The summed E-state index contributed by atoms with van der Waals surface area (Å²) in [6.45, 7) is 1.37. The second-order valence-electron chi connectivity index (χ2n) is 4.41. The first-order valence-corrected chi connectivity index (χ1v) is 6.82. The SMILES string of the molecule is O=[N+]([O-])c1cc(Cl)c(NCC2CCCCO2)c(Cl)c1. The standard InChI is InChI=1S/C12H14Cl2N2O3/c13-10-5-8(16(17)18)6-11(14)12(10)15-7-9-3-1-2-4-19-9/h5-6,9,15H,1-4,7H2. The van der Waals surface area contributed by atoms with Gasteiger partial charge in [-0.1, -0.05) is 23.2 Å². The van der Waals surface area contributed by atoms with Crippen molar-refractivity contribution in [2.45, 2.75) is 25.4 Å². The van der Waals surface area contributed by atoms with Crippen LogP contribution in [0.1, 0.15) is 19.3 Å². The van der Waals surface area contributed by atoms with E-state index in [-0.39, 0.29) is 21.8 Å². The highest BCUT2D eigenvalue weighted by molar-refractivity contribution is 6.39. The largest absolute Gasteiger partial charge is 0.380 e. The zero-order valence-electron chi connectivity index (χ0n) is 10.2. The zero-order valence-corrected chi connectivity index (χ0v) is 11.7. The summed E-state index contributed by atoms with van der Waals surface area (Å²) in [5.41, 5.74) is 0.401. The molecule has 1 aliphatic heterocycles. The summed E-state index contributed by atoms with van der Waals surface area (Å²) in [5, 5.41) is 14.3. The molecule has 5 nitrogen and oxygen atoms in total. The van der Waals surface area contributed by atoms with Gasteiger partial charge in [0.25, 0.3) is 5.69 Å². The number of hydrogen-bond donors (Lipinski definition) is 1. The molecule has 0 saturated carbocycles. The molecular formula is C12H14Cl2N2O3. The first kappa shape index (κ1) is 14.4. The molecule has 1 saturated heterocycles. The second-order valence-corrected chi connectivity index (χ2v) is 5.23. The highest BCUT2D eigenvalue weighted by Crippen LogP contribution is 2.34. The summed E-state index contributed by atoms with van der Waals surface area (Å²) < 4.78 is 5.58. The van der Waals surface area contributed by atoms with Crippen LogP contribution in [0.5, 0.6) is 0 Å². The molecule has 1 fully saturated rings. The van der Waals surface area contributed by atoms with Crippen LogP contribution in [0, 0.1) is 10.1 Å². The van der Waals surface area contributed by atoms with Crippen molar-refractivity contribution in [1.29, 1.82) is 0 Å². The Bertz CT molecular complexity index is 453. The van der Waals surface area contributed by atoms with E-state index < -0.39 is 4.92 Å². The predicted molar refractivity (Wildman–Crippen MR) is 75.2 cm³/mol. The summed E-state index contributed by atoms with van der Waals surface area (Å²) in [7, 11) is 0. The van der Waals surface area contributed by atoms with Crippen LogP contribution in [0.4, 0.5) is 11.4 Å². The van der Waals surface area contributed by atoms with E-state index in [1.807, 2.05) is 0 Å². The van der Waals surface area contributed by atoms with Crippen molar-refractivity contribution in [3.05, 3.63) is 32.3 Å². The molecular weight excluding hydrogens is 291 g/mol. The fourth-order valence-corrected chi connectivity index (χ4v) is 2.63. The van der Waals surface area contributed by atoms with Crippen molar-refractivity contribution < 1.29 is 9.66 Å². The van der Waals surface area contributed by atoms with E-state index in [1.165, 1.54) is 12.1 Å². The van der Waals surface area contributed by atoms with Crippen molar-refractivity contribution in [1.82, 2.24) is 0 Å². The van der Waals surface area contributed by atoms with Crippen LogP contribution in [-0.4, -0.2) is 24.2 Å². The maximum atomic E-state index is 10.7. The molecule has 104 valence electrons. The summed E-state index contributed by atoms with van der Waals surface area (Å²) in [4.78, 5) is 10.1. The maximum Gasteiger partial charge on any atom is 0.272 e. The number of ether oxygens (including phenoxy) is 1. The average molecular weight is 305 g/mol. The van der Waals surface area contributed by atoms with Crippen LogP contribution in [0.25, 0.3) is 0 Å². The smallest absolute Gasteiger partial charge is 0.272 e. The molecule has 1 atom stereocenters. The number of nitrogens with zero attached hydrogens (tertiary/aromatic N) is 1. The molecule has 0 aromatic heterocycles. The molecule has 0 amide bonds. The number of hydrogen-bond acceptors (Lipinski definition) is 4. The quantitative estimate of drug-likeness (QED) is 0.677. The molecule has 0 radical (unpaired) electrons. The predicted octanol–water partition coefficient (Wildman–Crippen LogP) is 3.88. The zero-order chi connectivity index (χ0) is 13.8. The maximum absolute atomic E-state index is 10.7. The molecule has 1 aromatic rings. The van der Waals surface area contributed by atoms with E-state index in [0.717, 1.165) is 25.9 Å². The number of rotatable bonds is 4. The highest BCUT2D eigenvalue weighted by Gasteiger charge is 2.17. The number of nitrogens with one attached hydrogen (secondary N) is 1. The molecule has 1 heterocycles. The Balaban J connectivity index is 2.05. The van der Waals surface area contributed by atoms with Gasteiger partial charge in [-0.05, 0) is 19.3 Å². The third-order valence-electron chi connectivity index (χ3n) is 3.02. The van der Waals surface area contributed by atoms with Crippen LogP contribution in [0.2, 0.25) is 10.0 Å². The fraction of sp³-hybridized carbons (Fsp3) is 0.500. The van der Waals surface area contributed by atoms with Gasteiger partial charge in [-0.25, -0.2) is 0 Å². The van der Waals surface area contributed by atoms with E-state index >= 15 is 0 Å². The molecule has 0 bridgehead atoms. The lowest BCUT2D eigenvalue weighted by Crippen LogP contribution is -2.27. The van der Waals surface area contributed by atoms with Gasteiger partial charge in [0.05, 0.1) is 26.8 Å². The minimum Gasteiger partial charge on any atom is -0.380 e. The van der Waals surface area contributed by atoms with Crippen LogP contribution >= 0.6 is 23.2 Å². The molecule has 1 aliphatic rings. The minimum atomic E-state index is -0.522. The number of halogens is 2. The summed E-state index contributed by atoms with van der Waals surface area (Å²) >= 11 is 12.0. The van der Waals surface area contributed by atoms with Crippen LogP contribution in [-0.2, 0) is 4.74 Å². The Kier molecular flexibility index (Phi) is 4.85. The third-order valence-corrected chi connectivity index (χ3v) is 3.61. The van der Waals surface area contributed by atoms with Gasteiger partial charge >= 0.3 is 0 Å². The van der Waals surface area contributed by atoms with E-state index in [0.29, 0.717) is 12.2 Å². The molecule has 7 heteroatoms. The van der Waals surface area contributed by atoms with E-state index in [4.69, 9.17) is 27.9 Å². The van der Waals surface area contributed by atoms with Gasteiger partial charge in [0.2, 0.25) is 0 Å². The lowest BCUT2D eigenvalue weighted by Gasteiger charge is -2.23. The molecule has 1 unspecified atom stereocenters. The lowest BCUT2D eigenvalue weighted by atomic mass is 10.1. The molecule has 19 heavy (non-hydrogen) atoms. The van der Waals surface area contributed by atoms with E-state index in [1.54, 1.807) is 0 Å². The van der Waals surface area contributed by atoms with Crippen LogP contribution in [0.3, 0.4) is 0 Å². The second kappa shape index (κ2) is 6.41. The van der Waals surface area contributed by atoms with Gasteiger partial charge in [-0.3, -0.25) is 10.1 Å². The van der Waals surface area contributed by atoms with Gasteiger partial charge < -0.3 is 10.1 Å². The summed E-state index contributed by atoms with van der Waals surface area (Å²) in [5.74, 6) is 0. The number of nitro groups is 1. The first-order valence-electron chi connectivity index (χ1n) is 6.07. The summed E-state index contributed by atoms with van der Waals surface area (Å²) in [6, 6.07) is 2.58. The first-order chi connectivity index (χ1) is 9.08. The van der Waals surface area contributed by atoms with Crippen molar-refractivity contribution in [2.24, 2.45) is 0 Å². The highest BCUT2D eigenvalue weighted by atomic mass is 35.5. The van der Waals surface area contributed by atoms with Gasteiger partial charge in [0.15, 0.2) is 0 Å². The summed E-state index contributed by atoms with van der Waals surface area (Å²) in [6.07, 6.45) is 3.37. The van der Waals surface area contributed by atoms with Gasteiger partial charge in [0, 0.05) is 25.3 Å². The number of nitro benzene ring substituents is 1. The van der Waals surface area contributed by atoms with Gasteiger partial charge in [0.1, 0.15) is 0 Å². The van der Waals surface area contributed by atoms with Crippen LogP contribution in [0.15, 0.2) is 12.1 Å². The van der Waals surface area contributed by atoms with Gasteiger partial charge in [-0.2, -0.15) is 0 Å². The minimum absolute atomic E-state index is 0.116. The van der Waals surface area contributed by atoms with E-state index in [2.05, 4.69) is 5.32 Å². The van der Waals surface area contributed by atoms with E-state index in [9.17, 15) is 10.1 Å². The normalized spacial score (nSPS) is 19.2. The Morgan fingerprint density at radius 1 is 1.37 bits per heavy atom. The van der Waals surface area contributed by atoms with Crippen molar-refractivity contribution >= 4 is 34.6 Å². The molecule has 0 aliphatic carbocycles. The molecule has 2 rings (SSSR count). The lowest BCUT2D eigenvalue weighted by molar-refractivity contribution is -0.384. The van der Waals surface area contributed by atoms with Crippen molar-refractivity contribution in [3.8, 4) is 0 Å². The average Bonchev–Trinajstić information content (AvgIpc) is 2.38. The van der Waals surface area contributed by atoms with Gasteiger partial charge in [-0.15, -0.1) is 0 Å². The molecule has 0 spiro atoms. The number of non-ortho nitro benzene ring substituents is 1. The fourth-order valence-electron chi connectivity index (χ4n) is 2.02. The molecule has 1 N–H and O–H groups in total. The Hall–Kier alpha value is -1.04. The Morgan fingerprint density at radius 3 is 2.58 bits per heavy atom. The van der Waals surface area contributed by atoms with Crippen molar-refractivity contribution in [2.75, 3.05) is 18.5 Å². The van der Waals surface area contributed by atoms with Crippen molar-refractivity contribution in [3.63, 3.8) is 0 Å². The molecule has 1 aromatic carbocycles. The third kappa shape index (κ3) is 3.72. The Labute approximate surface area is 121 Å². The topological polar surface area (TPSA) is 64.4 Å². The Morgan fingerprint density at radius 2 is 2.05 bits per heavy atom. The monoisotopic (exact) mass is 304 g/mol. The number of anilines is 1. The van der Waals surface area contributed by atoms with Crippen LogP contribution < -0.4 is 5.32 Å².